The van der Waals surface area contributed by atoms with Crippen LogP contribution in [0.1, 0.15) is 38.2 Å². The highest BCUT2D eigenvalue weighted by Crippen LogP contribution is 2.32. The second kappa shape index (κ2) is 6.00. The second-order valence-corrected chi connectivity index (χ2v) is 5.33. The van der Waals surface area contributed by atoms with Gasteiger partial charge in [-0.15, -0.1) is 0 Å². The van der Waals surface area contributed by atoms with E-state index >= 15 is 0 Å². The number of hydrogen-bond donors (Lipinski definition) is 0. The van der Waals surface area contributed by atoms with Crippen molar-refractivity contribution in [3.05, 3.63) is 29.3 Å². The van der Waals surface area contributed by atoms with E-state index in [1.54, 1.807) is 0 Å². The van der Waals surface area contributed by atoms with Crippen molar-refractivity contribution in [2.75, 3.05) is 11.4 Å². The standard InChI is InChI=1S/C14H18BrF2N/c1-2-18(11-5-3-4-6-11)14-12(16)7-10(9-15)8-13(14)17/h7-8,11H,2-6,9H2,1H3. The maximum absolute atomic E-state index is 14.1. The number of anilines is 1. The van der Waals surface area contributed by atoms with Crippen LogP contribution in [-0.4, -0.2) is 12.6 Å². The highest BCUT2D eigenvalue weighted by Gasteiger charge is 2.26. The Labute approximate surface area is 115 Å². The number of nitrogens with zero attached hydrogens (tertiary/aromatic N) is 1. The summed E-state index contributed by atoms with van der Waals surface area (Å²) in [6, 6.07) is 3.13. The normalized spacial score (nSPS) is 16.2. The lowest BCUT2D eigenvalue weighted by molar-refractivity contribution is 0.540. The van der Waals surface area contributed by atoms with Gasteiger partial charge in [-0.1, -0.05) is 28.8 Å². The molecule has 1 fully saturated rings. The van der Waals surface area contributed by atoms with Crippen molar-refractivity contribution in [1.29, 1.82) is 0 Å². The molecule has 0 amide bonds. The molecule has 18 heavy (non-hydrogen) atoms. The largest absolute Gasteiger partial charge is 0.364 e. The lowest BCUT2D eigenvalue weighted by Gasteiger charge is -2.30. The zero-order valence-electron chi connectivity index (χ0n) is 10.6. The molecule has 1 saturated carbocycles. The Hall–Kier alpha value is -0.640. The van der Waals surface area contributed by atoms with E-state index in [4.69, 9.17) is 0 Å². The van der Waals surface area contributed by atoms with Crippen LogP contribution in [0, 0.1) is 11.6 Å². The Morgan fingerprint density at radius 3 is 2.22 bits per heavy atom. The summed E-state index contributed by atoms with van der Waals surface area (Å²) in [5, 5.41) is 0.469. The summed E-state index contributed by atoms with van der Waals surface area (Å²) in [5.74, 6) is -0.892. The molecule has 0 atom stereocenters. The van der Waals surface area contributed by atoms with Crippen LogP contribution in [-0.2, 0) is 5.33 Å². The van der Waals surface area contributed by atoms with Crippen molar-refractivity contribution < 1.29 is 8.78 Å². The van der Waals surface area contributed by atoms with Crippen LogP contribution >= 0.6 is 15.9 Å². The lowest BCUT2D eigenvalue weighted by Crippen LogP contribution is -2.34. The van der Waals surface area contributed by atoms with Crippen LogP contribution < -0.4 is 4.90 Å². The first-order chi connectivity index (χ1) is 8.67. The molecule has 0 aliphatic heterocycles. The van der Waals surface area contributed by atoms with Crippen molar-refractivity contribution in [3.63, 3.8) is 0 Å². The Kier molecular flexibility index (Phi) is 4.60. The quantitative estimate of drug-likeness (QED) is 0.732. The van der Waals surface area contributed by atoms with Crippen molar-refractivity contribution in [2.45, 2.75) is 44.0 Å². The van der Waals surface area contributed by atoms with E-state index in [0.717, 1.165) is 25.7 Å². The average Bonchev–Trinajstić information content (AvgIpc) is 2.86. The molecule has 0 aromatic heterocycles. The van der Waals surface area contributed by atoms with Crippen molar-refractivity contribution >= 4 is 21.6 Å². The Morgan fingerprint density at radius 1 is 1.22 bits per heavy atom. The molecule has 0 unspecified atom stereocenters. The fourth-order valence-electron chi connectivity index (χ4n) is 2.78. The van der Waals surface area contributed by atoms with Gasteiger partial charge in [-0.2, -0.15) is 0 Å². The summed E-state index contributed by atoms with van der Waals surface area (Å²) in [7, 11) is 0. The molecule has 4 heteroatoms. The number of benzene rings is 1. The summed E-state index contributed by atoms with van der Waals surface area (Å²) in [4.78, 5) is 1.88. The molecular weight excluding hydrogens is 300 g/mol. The Bertz CT molecular complexity index is 393. The van der Waals surface area contributed by atoms with Gasteiger partial charge in [0.1, 0.15) is 17.3 Å². The maximum Gasteiger partial charge on any atom is 0.149 e. The molecule has 1 aromatic carbocycles. The molecule has 0 spiro atoms. The van der Waals surface area contributed by atoms with Crippen LogP contribution in [0.15, 0.2) is 12.1 Å². The van der Waals surface area contributed by atoms with E-state index in [9.17, 15) is 8.78 Å². The zero-order valence-corrected chi connectivity index (χ0v) is 12.1. The van der Waals surface area contributed by atoms with E-state index in [0.29, 0.717) is 17.4 Å². The first-order valence-electron chi connectivity index (χ1n) is 6.48. The monoisotopic (exact) mass is 317 g/mol. The van der Waals surface area contributed by atoms with Gasteiger partial charge in [0.15, 0.2) is 0 Å². The highest BCUT2D eigenvalue weighted by molar-refractivity contribution is 9.08. The SMILES string of the molecule is CCN(c1c(F)cc(CBr)cc1F)C1CCCC1. The molecule has 1 nitrogen and oxygen atoms in total. The van der Waals surface area contributed by atoms with Gasteiger partial charge in [-0.05, 0) is 37.5 Å². The predicted octanol–water partition coefficient (Wildman–Crippen LogP) is 4.63. The van der Waals surface area contributed by atoms with Crippen molar-refractivity contribution in [1.82, 2.24) is 0 Å². The molecule has 1 aromatic rings. The first kappa shape index (κ1) is 13.8. The molecule has 2 rings (SSSR count). The third-order valence-electron chi connectivity index (χ3n) is 3.62. The van der Waals surface area contributed by atoms with Gasteiger partial charge in [0, 0.05) is 17.9 Å². The average molecular weight is 318 g/mol. The van der Waals surface area contributed by atoms with E-state index in [-0.39, 0.29) is 11.7 Å². The van der Waals surface area contributed by atoms with Gasteiger partial charge in [0.25, 0.3) is 0 Å². The van der Waals surface area contributed by atoms with Gasteiger partial charge in [0.05, 0.1) is 0 Å². The van der Waals surface area contributed by atoms with E-state index in [1.807, 2.05) is 11.8 Å². The molecule has 0 radical (unpaired) electrons. The summed E-state index contributed by atoms with van der Waals surface area (Å²) >= 11 is 3.22. The van der Waals surface area contributed by atoms with Crippen LogP contribution in [0.3, 0.4) is 0 Å². The predicted molar refractivity (Wildman–Crippen MR) is 74.3 cm³/mol. The summed E-state index contributed by atoms with van der Waals surface area (Å²) in [5.41, 5.74) is 0.783. The van der Waals surface area contributed by atoms with Crippen molar-refractivity contribution in [3.8, 4) is 0 Å². The molecule has 0 heterocycles. The fraction of sp³-hybridized carbons (Fsp3) is 0.571. The first-order valence-corrected chi connectivity index (χ1v) is 7.60. The Balaban J connectivity index is 2.35. The minimum absolute atomic E-state index is 0.147. The summed E-state index contributed by atoms with van der Waals surface area (Å²) in [6.07, 6.45) is 4.38. The summed E-state index contributed by atoms with van der Waals surface area (Å²) in [6.45, 7) is 2.60. The van der Waals surface area contributed by atoms with Gasteiger partial charge in [-0.3, -0.25) is 0 Å². The van der Waals surface area contributed by atoms with Gasteiger partial charge >= 0.3 is 0 Å². The third-order valence-corrected chi connectivity index (χ3v) is 4.27. The second-order valence-electron chi connectivity index (χ2n) is 4.77. The van der Waals surface area contributed by atoms with Crippen LogP contribution in [0.4, 0.5) is 14.5 Å². The van der Waals surface area contributed by atoms with Gasteiger partial charge < -0.3 is 4.90 Å². The summed E-state index contributed by atoms with van der Waals surface area (Å²) < 4.78 is 28.2. The molecule has 1 aliphatic carbocycles. The Morgan fingerprint density at radius 2 is 1.78 bits per heavy atom. The molecule has 0 bridgehead atoms. The molecule has 100 valence electrons. The van der Waals surface area contributed by atoms with E-state index in [2.05, 4.69) is 15.9 Å². The third kappa shape index (κ3) is 2.68. The van der Waals surface area contributed by atoms with E-state index < -0.39 is 11.6 Å². The van der Waals surface area contributed by atoms with Crippen molar-refractivity contribution in [2.24, 2.45) is 0 Å². The van der Waals surface area contributed by atoms with E-state index in [1.165, 1.54) is 12.1 Å². The number of hydrogen-bond acceptors (Lipinski definition) is 1. The number of alkyl halides is 1. The molecule has 0 saturated heterocycles. The van der Waals surface area contributed by atoms with Gasteiger partial charge in [0.2, 0.25) is 0 Å². The minimum Gasteiger partial charge on any atom is -0.364 e. The highest BCUT2D eigenvalue weighted by atomic mass is 79.9. The zero-order chi connectivity index (χ0) is 13.1. The minimum atomic E-state index is -0.446. The topological polar surface area (TPSA) is 3.24 Å². The van der Waals surface area contributed by atoms with Gasteiger partial charge in [-0.25, -0.2) is 8.78 Å². The van der Waals surface area contributed by atoms with Crippen LogP contribution in [0.2, 0.25) is 0 Å². The molecular formula is C14H18BrF2N. The lowest BCUT2D eigenvalue weighted by atomic mass is 10.1. The smallest absolute Gasteiger partial charge is 0.149 e. The number of rotatable bonds is 4. The maximum atomic E-state index is 14.1. The molecule has 1 aliphatic rings. The number of halogens is 3. The molecule has 0 N–H and O–H groups in total. The fourth-order valence-corrected chi connectivity index (χ4v) is 3.11. The van der Waals surface area contributed by atoms with Crippen LogP contribution in [0.25, 0.3) is 0 Å². The van der Waals surface area contributed by atoms with Crippen LogP contribution in [0.5, 0.6) is 0 Å².